The van der Waals surface area contributed by atoms with Crippen LogP contribution in [0.1, 0.15) is 40.9 Å². The number of nitrogens with zero attached hydrogens (tertiary/aromatic N) is 2. The molecule has 4 aromatic rings. The molecule has 0 aliphatic carbocycles. The number of hydrogen-bond acceptors (Lipinski definition) is 3. The second-order valence-corrected chi connectivity index (χ2v) is 9.68. The minimum atomic E-state index is 0.0201. The van der Waals surface area contributed by atoms with Crippen LogP contribution in [0.2, 0.25) is 0 Å². The Bertz CT molecular complexity index is 1370. The zero-order valence-electron chi connectivity index (χ0n) is 20.5. The lowest BCUT2D eigenvalue weighted by molar-refractivity contribution is 0.0678. The van der Waals surface area contributed by atoms with E-state index in [0.717, 1.165) is 54.4 Å². The van der Waals surface area contributed by atoms with Gasteiger partial charge in [-0.15, -0.1) is 0 Å². The van der Waals surface area contributed by atoms with Gasteiger partial charge in [0.25, 0.3) is 5.91 Å². The molecule has 2 heterocycles. The Hall–Kier alpha value is -3.90. The fraction of sp³-hybridized carbons (Fsp3) is 0.267. The first-order valence-corrected chi connectivity index (χ1v) is 12.6. The molecule has 0 radical (unpaired) electrons. The molecule has 5 N–H and O–H groups in total. The van der Waals surface area contributed by atoms with Gasteiger partial charge >= 0.3 is 0 Å². The predicted molar refractivity (Wildman–Crippen MR) is 146 cm³/mol. The molecule has 6 heteroatoms. The number of carbonyl (C=O) groups is 1. The lowest BCUT2D eigenvalue weighted by atomic mass is 9.93. The Morgan fingerprint density at radius 2 is 1.61 bits per heavy atom. The van der Waals surface area contributed by atoms with Crippen LogP contribution in [0.3, 0.4) is 0 Å². The highest BCUT2D eigenvalue weighted by Crippen LogP contribution is 2.27. The summed E-state index contributed by atoms with van der Waals surface area (Å²) in [6.45, 7) is 2.78. The third kappa shape index (κ3) is 4.90. The molecule has 3 aromatic carbocycles. The van der Waals surface area contributed by atoms with Gasteiger partial charge < -0.3 is 20.9 Å². The highest BCUT2D eigenvalue weighted by Gasteiger charge is 2.26. The number of nitrogen functional groups attached to an aromatic ring is 1. The summed E-state index contributed by atoms with van der Waals surface area (Å²) < 4.78 is 2.08. The lowest BCUT2D eigenvalue weighted by Gasteiger charge is -2.32. The van der Waals surface area contributed by atoms with E-state index in [4.69, 9.17) is 16.9 Å². The number of amides is 1. The molecule has 36 heavy (non-hydrogen) atoms. The molecule has 0 atom stereocenters. The van der Waals surface area contributed by atoms with Gasteiger partial charge in [0.2, 0.25) is 0 Å². The van der Waals surface area contributed by atoms with Gasteiger partial charge in [-0.05, 0) is 60.5 Å². The van der Waals surface area contributed by atoms with Gasteiger partial charge in [-0.3, -0.25) is 10.2 Å². The van der Waals surface area contributed by atoms with Crippen LogP contribution in [0, 0.1) is 11.3 Å². The van der Waals surface area contributed by atoms with Crippen molar-refractivity contribution in [3.05, 3.63) is 95.7 Å². The van der Waals surface area contributed by atoms with E-state index in [1.165, 1.54) is 5.56 Å². The number of benzene rings is 3. The van der Waals surface area contributed by atoms with Gasteiger partial charge in [0.05, 0.1) is 0 Å². The maximum Gasteiger partial charge on any atom is 0.270 e. The second-order valence-electron chi connectivity index (χ2n) is 9.68. The predicted octanol–water partition coefficient (Wildman–Crippen LogP) is 4.84. The smallest absolute Gasteiger partial charge is 0.270 e. The number of nitrogens with one attached hydrogen (secondary N) is 1. The summed E-state index contributed by atoms with van der Waals surface area (Å²) >= 11 is 0. The molecule has 0 unspecified atom stereocenters. The standard InChI is InChI=1S/C30H33N5O/c31-15-12-21-13-16-34(17-14-21)30(36)28-18-25-10-11-26(29(32)33)19-27(25)35(28)20-22-6-8-24(9-7-22)23-4-2-1-3-5-23/h1-11,18-19,21H,12-17,20,31H2,(H3,32,33). The van der Waals surface area contributed by atoms with E-state index in [9.17, 15) is 4.79 Å². The van der Waals surface area contributed by atoms with Crippen molar-refractivity contribution in [3.63, 3.8) is 0 Å². The quantitative estimate of drug-likeness (QED) is 0.261. The lowest BCUT2D eigenvalue weighted by Crippen LogP contribution is -2.39. The van der Waals surface area contributed by atoms with E-state index in [-0.39, 0.29) is 11.7 Å². The average molecular weight is 480 g/mol. The molecular formula is C30H33N5O. The molecule has 5 rings (SSSR count). The molecule has 1 aliphatic heterocycles. The number of likely N-dealkylation sites (tertiary alicyclic amines) is 1. The Morgan fingerprint density at radius 1 is 0.917 bits per heavy atom. The molecule has 1 fully saturated rings. The fourth-order valence-corrected chi connectivity index (χ4v) is 5.21. The molecule has 1 aromatic heterocycles. The number of aromatic nitrogens is 1. The number of amidine groups is 1. The van der Waals surface area contributed by atoms with Gasteiger partial charge in [-0.1, -0.05) is 66.7 Å². The van der Waals surface area contributed by atoms with Crippen molar-refractivity contribution < 1.29 is 4.79 Å². The van der Waals surface area contributed by atoms with E-state index < -0.39 is 0 Å². The number of piperidine rings is 1. The minimum absolute atomic E-state index is 0.0201. The van der Waals surface area contributed by atoms with Crippen LogP contribution in [-0.4, -0.2) is 40.8 Å². The number of nitrogens with two attached hydrogens (primary N) is 2. The third-order valence-corrected chi connectivity index (χ3v) is 7.31. The van der Waals surface area contributed by atoms with Crippen LogP contribution < -0.4 is 11.5 Å². The van der Waals surface area contributed by atoms with E-state index in [1.54, 1.807) is 0 Å². The van der Waals surface area contributed by atoms with E-state index in [0.29, 0.717) is 30.3 Å². The van der Waals surface area contributed by atoms with Gasteiger partial charge in [0.1, 0.15) is 11.5 Å². The average Bonchev–Trinajstić information content (AvgIpc) is 3.27. The normalized spacial score (nSPS) is 14.3. The molecule has 0 saturated carbocycles. The zero-order valence-corrected chi connectivity index (χ0v) is 20.5. The summed E-state index contributed by atoms with van der Waals surface area (Å²) in [5.41, 5.74) is 17.2. The summed E-state index contributed by atoms with van der Waals surface area (Å²) in [5.74, 6) is 0.681. The van der Waals surface area contributed by atoms with Crippen LogP contribution in [-0.2, 0) is 6.54 Å². The first kappa shape index (κ1) is 23.8. The van der Waals surface area contributed by atoms with Crippen LogP contribution in [0.4, 0.5) is 0 Å². The molecule has 1 amide bonds. The molecular weight excluding hydrogens is 446 g/mol. The molecule has 0 bridgehead atoms. The summed E-state index contributed by atoms with van der Waals surface area (Å²) in [6.07, 6.45) is 3.02. The van der Waals surface area contributed by atoms with Crippen molar-refractivity contribution in [2.24, 2.45) is 17.4 Å². The van der Waals surface area contributed by atoms with Crippen molar-refractivity contribution in [2.75, 3.05) is 19.6 Å². The van der Waals surface area contributed by atoms with Crippen molar-refractivity contribution in [1.29, 1.82) is 5.41 Å². The van der Waals surface area contributed by atoms with Crippen LogP contribution in [0.25, 0.3) is 22.0 Å². The summed E-state index contributed by atoms with van der Waals surface area (Å²) in [6, 6.07) is 26.5. The Labute approximate surface area is 212 Å². The van der Waals surface area contributed by atoms with Crippen molar-refractivity contribution in [3.8, 4) is 11.1 Å². The maximum absolute atomic E-state index is 13.7. The summed E-state index contributed by atoms with van der Waals surface area (Å²) in [4.78, 5) is 15.7. The monoisotopic (exact) mass is 479 g/mol. The van der Waals surface area contributed by atoms with Gasteiger partial charge in [-0.2, -0.15) is 0 Å². The van der Waals surface area contributed by atoms with E-state index >= 15 is 0 Å². The molecule has 0 spiro atoms. The topological polar surface area (TPSA) is 101 Å². The first-order valence-electron chi connectivity index (χ1n) is 12.6. The van der Waals surface area contributed by atoms with E-state index in [2.05, 4.69) is 41.0 Å². The van der Waals surface area contributed by atoms with Crippen LogP contribution in [0.5, 0.6) is 0 Å². The molecule has 6 nitrogen and oxygen atoms in total. The molecule has 1 saturated heterocycles. The third-order valence-electron chi connectivity index (χ3n) is 7.31. The summed E-state index contributed by atoms with van der Waals surface area (Å²) in [5, 5.41) is 8.87. The van der Waals surface area contributed by atoms with Gasteiger partial charge in [-0.25, -0.2) is 0 Å². The van der Waals surface area contributed by atoms with Gasteiger partial charge in [0, 0.05) is 36.1 Å². The maximum atomic E-state index is 13.7. The van der Waals surface area contributed by atoms with Crippen LogP contribution >= 0.6 is 0 Å². The number of fused-ring (bicyclic) bond motifs is 1. The van der Waals surface area contributed by atoms with Gasteiger partial charge in [0.15, 0.2) is 0 Å². The highest BCUT2D eigenvalue weighted by molar-refractivity contribution is 6.02. The van der Waals surface area contributed by atoms with Crippen molar-refractivity contribution in [1.82, 2.24) is 9.47 Å². The minimum Gasteiger partial charge on any atom is -0.384 e. The Kier molecular flexibility index (Phi) is 6.87. The number of rotatable bonds is 7. The summed E-state index contributed by atoms with van der Waals surface area (Å²) in [7, 11) is 0. The highest BCUT2D eigenvalue weighted by atomic mass is 16.2. The zero-order chi connectivity index (χ0) is 25.1. The number of carbonyl (C=O) groups excluding carboxylic acids is 1. The Balaban J connectivity index is 1.47. The molecule has 1 aliphatic rings. The number of hydrogen-bond donors (Lipinski definition) is 3. The fourth-order valence-electron chi connectivity index (χ4n) is 5.21. The van der Waals surface area contributed by atoms with Crippen LogP contribution in [0.15, 0.2) is 78.9 Å². The SMILES string of the molecule is N=C(N)c1ccc2cc(C(=O)N3CCC(CCN)CC3)n(Cc3ccc(-c4ccccc4)cc3)c2c1. The largest absolute Gasteiger partial charge is 0.384 e. The first-order chi connectivity index (χ1) is 17.5. The molecule has 184 valence electrons. The van der Waals surface area contributed by atoms with E-state index in [1.807, 2.05) is 47.4 Å². The second kappa shape index (κ2) is 10.4. The Morgan fingerprint density at radius 3 is 2.28 bits per heavy atom. The van der Waals surface area contributed by atoms with Crippen molar-refractivity contribution >= 4 is 22.6 Å². The van der Waals surface area contributed by atoms with Crippen molar-refractivity contribution in [2.45, 2.75) is 25.8 Å².